The average molecular weight is 377 g/mol. The van der Waals surface area contributed by atoms with Gasteiger partial charge in [-0.2, -0.15) is 0 Å². The molecule has 26 heavy (non-hydrogen) atoms. The Bertz CT molecular complexity index is 795. The third-order valence-electron chi connectivity index (χ3n) is 3.77. The molecule has 6 nitrogen and oxygen atoms in total. The molecule has 0 heterocycles. The number of methoxy groups -OCH3 is 2. The fourth-order valence-electron chi connectivity index (χ4n) is 2.44. The number of nitrogens with one attached hydrogen (secondary N) is 1. The van der Waals surface area contributed by atoms with Crippen LogP contribution in [0.15, 0.2) is 42.5 Å². The lowest BCUT2D eigenvalue weighted by Crippen LogP contribution is -2.32. The van der Waals surface area contributed by atoms with E-state index in [1.165, 1.54) is 18.9 Å². The van der Waals surface area contributed by atoms with Gasteiger partial charge >= 0.3 is 0 Å². The van der Waals surface area contributed by atoms with E-state index < -0.39 is 0 Å². The Morgan fingerprint density at radius 3 is 2.46 bits per heavy atom. The van der Waals surface area contributed by atoms with Gasteiger partial charge in [0.15, 0.2) is 0 Å². The fraction of sp³-hybridized carbons (Fsp3) is 0.263. The third-order valence-corrected chi connectivity index (χ3v) is 4.10. The number of hydrogen-bond donors (Lipinski definition) is 1. The van der Waals surface area contributed by atoms with Crippen molar-refractivity contribution in [2.24, 2.45) is 0 Å². The normalized spacial score (nSPS) is 10.2. The number of amides is 2. The number of carbonyl (C=O) groups is 2. The van der Waals surface area contributed by atoms with Crippen LogP contribution in [-0.2, 0) is 9.59 Å². The molecule has 2 aromatic rings. The van der Waals surface area contributed by atoms with Crippen molar-refractivity contribution >= 4 is 34.8 Å². The summed E-state index contributed by atoms with van der Waals surface area (Å²) in [5.74, 6) is 0.674. The van der Waals surface area contributed by atoms with Gasteiger partial charge in [-0.05, 0) is 24.3 Å². The second kappa shape index (κ2) is 9.10. The monoisotopic (exact) mass is 376 g/mol. The number of anilines is 2. The van der Waals surface area contributed by atoms with E-state index in [4.69, 9.17) is 21.1 Å². The maximum atomic E-state index is 12.2. The second-order valence-corrected chi connectivity index (χ2v) is 5.89. The minimum Gasteiger partial charge on any atom is -0.497 e. The largest absolute Gasteiger partial charge is 0.497 e. The zero-order chi connectivity index (χ0) is 19.1. The first-order valence-electron chi connectivity index (χ1n) is 8.00. The van der Waals surface area contributed by atoms with Crippen molar-refractivity contribution < 1.29 is 19.1 Å². The van der Waals surface area contributed by atoms with Crippen LogP contribution in [0.2, 0.25) is 5.02 Å². The van der Waals surface area contributed by atoms with E-state index in [1.807, 2.05) is 0 Å². The molecule has 0 aromatic heterocycles. The molecule has 0 radical (unpaired) electrons. The number of halogens is 1. The van der Waals surface area contributed by atoms with Crippen LogP contribution in [0.1, 0.15) is 13.3 Å². The quantitative estimate of drug-likeness (QED) is 0.799. The fourth-order valence-corrected chi connectivity index (χ4v) is 2.63. The lowest BCUT2D eigenvalue weighted by molar-refractivity contribution is -0.117. The Hall–Kier alpha value is -2.73. The molecule has 138 valence electrons. The van der Waals surface area contributed by atoms with E-state index in [-0.39, 0.29) is 24.8 Å². The molecule has 0 aliphatic heterocycles. The van der Waals surface area contributed by atoms with Crippen molar-refractivity contribution in [2.45, 2.75) is 13.3 Å². The Balaban J connectivity index is 2.10. The van der Waals surface area contributed by atoms with Gasteiger partial charge in [0.2, 0.25) is 11.8 Å². The highest BCUT2D eigenvalue weighted by Crippen LogP contribution is 2.32. The molecule has 0 unspecified atom stereocenters. The molecule has 0 spiro atoms. The van der Waals surface area contributed by atoms with Crippen LogP contribution in [0, 0.1) is 0 Å². The first-order chi connectivity index (χ1) is 12.5. The molecular weight excluding hydrogens is 356 g/mol. The van der Waals surface area contributed by atoms with Gasteiger partial charge in [0.25, 0.3) is 0 Å². The molecule has 2 amide bonds. The van der Waals surface area contributed by atoms with Crippen LogP contribution in [0.25, 0.3) is 0 Å². The lowest BCUT2D eigenvalue weighted by atomic mass is 10.2. The Morgan fingerprint density at radius 2 is 1.85 bits per heavy atom. The SMILES string of the molecule is COc1ccc(N(CCC(=O)Nc2ccccc2Cl)C(C)=O)c(OC)c1. The van der Waals surface area contributed by atoms with E-state index in [1.54, 1.807) is 49.6 Å². The number of nitrogens with zero attached hydrogens (tertiary/aromatic N) is 1. The predicted octanol–water partition coefficient (Wildman–Crippen LogP) is 3.74. The molecule has 0 aliphatic carbocycles. The Morgan fingerprint density at radius 1 is 1.12 bits per heavy atom. The number of carbonyl (C=O) groups excluding carboxylic acids is 2. The first-order valence-corrected chi connectivity index (χ1v) is 8.38. The summed E-state index contributed by atoms with van der Waals surface area (Å²) in [6.07, 6.45) is 0.111. The second-order valence-electron chi connectivity index (χ2n) is 5.49. The van der Waals surface area contributed by atoms with Crippen LogP contribution in [0.5, 0.6) is 11.5 Å². The number of para-hydroxylation sites is 1. The van der Waals surface area contributed by atoms with Crippen molar-refractivity contribution in [1.29, 1.82) is 0 Å². The molecule has 0 saturated heterocycles. The van der Waals surface area contributed by atoms with E-state index in [0.29, 0.717) is 27.9 Å². The van der Waals surface area contributed by atoms with Crippen molar-refractivity contribution in [3.63, 3.8) is 0 Å². The van der Waals surface area contributed by atoms with E-state index in [9.17, 15) is 9.59 Å². The summed E-state index contributed by atoms with van der Waals surface area (Å²) < 4.78 is 10.5. The summed E-state index contributed by atoms with van der Waals surface area (Å²) in [5, 5.41) is 3.20. The van der Waals surface area contributed by atoms with Crippen LogP contribution in [-0.4, -0.2) is 32.6 Å². The topological polar surface area (TPSA) is 67.9 Å². The molecular formula is C19H21ClN2O4. The summed E-state index contributed by atoms with van der Waals surface area (Å²) in [4.78, 5) is 25.8. The molecule has 0 aliphatic rings. The van der Waals surface area contributed by atoms with E-state index in [0.717, 1.165) is 0 Å². The molecule has 2 rings (SSSR count). The molecule has 0 atom stereocenters. The Kier molecular flexibility index (Phi) is 6.86. The molecule has 0 fully saturated rings. The zero-order valence-corrected chi connectivity index (χ0v) is 15.7. The van der Waals surface area contributed by atoms with Crippen molar-refractivity contribution in [2.75, 3.05) is 31.0 Å². The highest BCUT2D eigenvalue weighted by molar-refractivity contribution is 6.33. The highest BCUT2D eigenvalue weighted by Gasteiger charge is 2.18. The molecule has 2 aromatic carbocycles. The van der Waals surface area contributed by atoms with Crippen LogP contribution < -0.4 is 19.7 Å². The van der Waals surface area contributed by atoms with Crippen molar-refractivity contribution in [3.8, 4) is 11.5 Å². The standard InChI is InChI=1S/C19H21ClN2O4/c1-13(23)22(17-9-8-14(25-2)12-18(17)26-3)11-10-19(24)21-16-7-5-4-6-15(16)20/h4-9,12H,10-11H2,1-3H3,(H,21,24). The Labute approximate surface area is 157 Å². The third kappa shape index (κ3) is 4.89. The van der Waals surface area contributed by atoms with Crippen LogP contribution in [0.3, 0.4) is 0 Å². The number of hydrogen-bond acceptors (Lipinski definition) is 4. The maximum Gasteiger partial charge on any atom is 0.226 e. The average Bonchev–Trinajstić information content (AvgIpc) is 2.63. The van der Waals surface area contributed by atoms with Gasteiger partial charge in [0.1, 0.15) is 11.5 Å². The van der Waals surface area contributed by atoms with Crippen LogP contribution in [0.4, 0.5) is 11.4 Å². The van der Waals surface area contributed by atoms with Gasteiger partial charge in [-0.1, -0.05) is 23.7 Å². The van der Waals surface area contributed by atoms with E-state index >= 15 is 0 Å². The zero-order valence-electron chi connectivity index (χ0n) is 14.9. The molecule has 0 bridgehead atoms. The maximum absolute atomic E-state index is 12.2. The highest BCUT2D eigenvalue weighted by atomic mass is 35.5. The molecule has 0 saturated carbocycles. The van der Waals surface area contributed by atoms with E-state index in [2.05, 4.69) is 5.32 Å². The minimum absolute atomic E-state index is 0.111. The minimum atomic E-state index is -0.239. The van der Waals surface area contributed by atoms with Gasteiger partial charge in [-0.15, -0.1) is 0 Å². The number of benzene rings is 2. The lowest BCUT2D eigenvalue weighted by Gasteiger charge is -2.23. The predicted molar refractivity (Wildman–Crippen MR) is 102 cm³/mol. The van der Waals surface area contributed by atoms with Gasteiger partial charge in [-0.25, -0.2) is 0 Å². The van der Waals surface area contributed by atoms with Gasteiger partial charge in [0.05, 0.1) is 30.6 Å². The van der Waals surface area contributed by atoms with Crippen molar-refractivity contribution in [3.05, 3.63) is 47.5 Å². The number of ether oxygens (including phenoxy) is 2. The van der Waals surface area contributed by atoms with Gasteiger partial charge in [0, 0.05) is 26.0 Å². The van der Waals surface area contributed by atoms with Gasteiger partial charge < -0.3 is 19.7 Å². The summed E-state index contributed by atoms with van der Waals surface area (Å²) in [6, 6.07) is 12.1. The van der Waals surface area contributed by atoms with Crippen molar-refractivity contribution in [1.82, 2.24) is 0 Å². The summed E-state index contributed by atoms with van der Waals surface area (Å²) in [5.41, 5.74) is 1.11. The summed E-state index contributed by atoms with van der Waals surface area (Å²) in [6.45, 7) is 1.64. The summed E-state index contributed by atoms with van der Waals surface area (Å²) in [7, 11) is 3.07. The number of rotatable bonds is 7. The van der Waals surface area contributed by atoms with Crippen LogP contribution >= 0.6 is 11.6 Å². The molecule has 1 N–H and O–H groups in total. The summed E-state index contributed by atoms with van der Waals surface area (Å²) >= 11 is 6.04. The first kappa shape index (κ1) is 19.6. The molecule has 7 heteroatoms. The van der Waals surface area contributed by atoms with Gasteiger partial charge in [-0.3, -0.25) is 9.59 Å². The smallest absolute Gasteiger partial charge is 0.226 e.